The zero-order chi connectivity index (χ0) is 15.4. The van der Waals surface area contributed by atoms with E-state index >= 15 is 0 Å². The number of rotatable bonds is 7. The summed E-state index contributed by atoms with van der Waals surface area (Å²) in [7, 11) is 4.17. The smallest absolute Gasteiger partial charge is 0.0781 e. The molecule has 5 heteroatoms. The number of fused-ring (bicyclic) bond motifs is 1. The molecule has 3 unspecified atom stereocenters. The summed E-state index contributed by atoms with van der Waals surface area (Å²) in [5.74, 6) is 0.568. The van der Waals surface area contributed by atoms with Crippen LogP contribution in [0.3, 0.4) is 0 Å². The van der Waals surface area contributed by atoms with Crippen LogP contribution in [0.5, 0.6) is 0 Å². The molecule has 1 saturated heterocycles. The molecule has 1 aliphatic carbocycles. The molecule has 1 saturated carbocycles. The van der Waals surface area contributed by atoms with Gasteiger partial charge in [0.15, 0.2) is 0 Å². The Bertz CT molecular complexity index is 438. The SMILES string of the molecule is CN(C)CCOCC1CCC2C1OCCN2Cc1cccs1. The van der Waals surface area contributed by atoms with Crippen LogP contribution in [0.1, 0.15) is 17.7 Å². The van der Waals surface area contributed by atoms with Crippen LogP contribution in [0.15, 0.2) is 17.5 Å². The minimum absolute atomic E-state index is 0.369. The van der Waals surface area contributed by atoms with Crippen molar-refractivity contribution in [2.24, 2.45) is 5.92 Å². The average Bonchev–Trinajstić information content (AvgIpc) is 3.14. The van der Waals surface area contributed by atoms with Gasteiger partial charge >= 0.3 is 0 Å². The van der Waals surface area contributed by atoms with E-state index < -0.39 is 0 Å². The molecular formula is C17H28N2O2S. The van der Waals surface area contributed by atoms with Gasteiger partial charge in [-0.3, -0.25) is 4.90 Å². The number of likely N-dealkylation sites (N-methyl/N-ethyl adjacent to an activating group) is 1. The Hall–Kier alpha value is -0.460. The Balaban J connectivity index is 1.49. The maximum atomic E-state index is 6.11. The zero-order valence-corrected chi connectivity index (χ0v) is 14.6. The normalized spacial score (nSPS) is 29.1. The Morgan fingerprint density at radius 3 is 3.09 bits per heavy atom. The molecule has 124 valence electrons. The van der Waals surface area contributed by atoms with Gasteiger partial charge < -0.3 is 14.4 Å². The number of hydrogen-bond donors (Lipinski definition) is 0. The average molecular weight is 324 g/mol. The van der Waals surface area contributed by atoms with E-state index in [1.165, 1.54) is 17.7 Å². The molecule has 0 radical (unpaired) electrons. The summed E-state index contributed by atoms with van der Waals surface area (Å²) in [6, 6.07) is 4.97. The Morgan fingerprint density at radius 1 is 1.41 bits per heavy atom. The van der Waals surface area contributed by atoms with Crippen molar-refractivity contribution in [3.05, 3.63) is 22.4 Å². The minimum Gasteiger partial charge on any atom is -0.380 e. The lowest BCUT2D eigenvalue weighted by Crippen LogP contribution is -2.50. The maximum absolute atomic E-state index is 6.11. The van der Waals surface area contributed by atoms with Gasteiger partial charge in [-0.15, -0.1) is 11.3 Å². The molecule has 0 amide bonds. The summed E-state index contributed by atoms with van der Waals surface area (Å²) in [6.07, 6.45) is 2.85. The van der Waals surface area contributed by atoms with Gasteiger partial charge in [0.25, 0.3) is 0 Å². The molecule has 2 fully saturated rings. The summed E-state index contributed by atoms with van der Waals surface area (Å²) in [5.41, 5.74) is 0. The van der Waals surface area contributed by atoms with E-state index in [1.807, 2.05) is 11.3 Å². The molecule has 2 aliphatic rings. The second-order valence-corrected chi connectivity index (χ2v) is 7.70. The lowest BCUT2D eigenvalue weighted by molar-refractivity contribution is -0.0881. The van der Waals surface area contributed by atoms with Crippen LogP contribution in [0.2, 0.25) is 0 Å². The maximum Gasteiger partial charge on any atom is 0.0781 e. The predicted octanol–water partition coefficient (Wildman–Crippen LogP) is 2.31. The van der Waals surface area contributed by atoms with Crippen LogP contribution < -0.4 is 0 Å². The highest BCUT2D eigenvalue weighted by Gasteiger charge is 2.42. The van der Waals surface area contributed by atoms with Crippen molar-refractivity contribution in [3.8, 4) is 0 Å². The number of nitrogens with zero attached hydrogens (tertiary/aromatic N) is 2. The molecular weight excluding hydrogens is 296 g/mol. The third-order valence-corrected chi connectivity index (χ3v) is 5.65. The van der Waals surface area contributed by atoms with E-state index in [1.54, 1.807) is 0 Å². The quantitative estimate of drug-likeness (QED) is 0.719. The monoisotopic (exact) mass is 324 g/mol. The Kier molecular flexibility index (Phi) is 5.88. The van der Waals surface area contributed by atoms with Crippen molar-refractivity contribution < 1.29 is 9.47 Å². The summed E-state index contributed by atoms with van der Waals surface area (Å²) in [5, 5.41) is 2.17. The van der Waals surface area contributed by atoms with Gasteiger partial charge in [0, 0.05) is 36.5 Å². The number of thiophene rings is 1. The second kappa shape index (κ2) is 7.88. The molecule has 0 N–H and O–H groups in total. The molecule has 0 bridgehead atoms. The van der Waals surface area contributed by atoms with Gasteiger partial charge in [0.2, 0.25) is 0 Å². The van der Waals surface area contributed by atoms with E-state index in [2.05, 4.69) is 41.4 Å². The van der Waals surface area contributed by atoms with Crippen LogP contribution in [0.25, 0.3) is 0 Å². The summed E-state index contributed by atoms with van der Waals surface area (Å²) >= 11 is 1.86. The van der Waals surface area contributed by atoms with E-state index in [4.69, 9.17) is 9.47 Å². The van der Waals surface area contributed by atoms with Gasteiger partial charge in [-0.25, -0.2) is 0 Å². The number of ether oxygens (including phenoxy) is 2. The highest BCUT2D eigenvalue weighted by atomic mass is 32.1. The fourth-order valence-corrected chi connectivity index (χ4v) is 4.33. The van der Waals surface area contributed by atoms with Gasteiger partial charge in [-0.05, 0) is 38.4 Å². The Morgan fingerprint density at radius 2 is 2.32 bits per heavy atom. The molecule has 1 aromatic heterocycles. The van der Waals surface area contributed by atoms with Crippen LogP contribution in [-0.4, -0.2) is 69.0 Å². The van der Waals surface area contributed by atoms with Gasteiger partial charge in [0.05, 0.1) is 25.9 Å². The van der Waals surface area contributed by atoms with Crippen LogP contribution in [-0.2, 0) is 16.0 Å². The van der Waals surface area contributed by atoms with Crippen molar-refractivity contribution in [3.63, 3.8) is 0 Å². The second-order valence-electron chi connectivity index (χ2n) is 6.67. The fraction of sp³-hybridized carbons (Fsp3) is 0.765. The molecule has 1 aromatic rings. The van der Waals surface area contributed by atoms with Crippen molar-refractivity contribution in [1.29, 1.82) is 0 Å². The number of hydrogen-bond acceptors (Lipinski definition) is 5. The fourth-order valence-electron chi connectivity index (χ4n) is 3.60. The van der Waals surface area contributed by atoms with Crippen LogP contribution in [0.4, 0.5) is 0 Å². The zero-order valence-electron chi connectivity index (χ0n) is 13.7. The first-order valence-electron chi connectivity index (χ1n) is 8.34. The molecule has 1 aliphatic heterocycles. The van der Waals surface area contributed by atoms with Crippen LogP contribution >= 0.6 is 11.3 Å². The van der Waals surface area contributed by atoms with Crippen molar-refractivity contribution in [2.75, 3.05) is 47.0 Å². The first kappa shape index (κ1) is 16.4. The first-order valence-corrected chi connectivity index (χ1v) is 9.22. The van der Waals surface area contributed by atoms with Crippen molar-refractivity contribution in [1.82, 2.24) is 9.80 Å². The molecule has 3 atom stereocenters. The highest BCUT2D eigenvalue weighted by Crippen LogP contribution is 2.35. The van der Waals surface area contributed by atoms with Crippen molar-refractivity contribution in [2.45, 2.75) is 31.5 Å². The molecule has 3 rings (SSSR count). The third kappa shape index (κ3) is 4.09. The standard InChI is InChI=1S/C17H28N2O2S/c1-18(2)7-9-20-13-14-5-6-16-17(14)21-10-8-19(16)12-15-4-3-11-22-15/h3-4,11,14,16-17H,5-10,12-13H2,1-2H3. The first-order chi connectivity index (χ1) is 10.7. The third-order valence-electron chi connectivity index (χ3n) is 4.79. The molecule has 4 nitrogen and oxygen atoms in total. The van der Waals surface area contributed by atoms with Gasteiger partial charge in [-0.2, -0.15) is 0 Å². The van der Waals surface area contributed by atoms with Gasteiger partial charge in [0.1, 0.15) is 0 Å². The van der Waals surface area contributed by atoms with E-state index in [0.29, 0.717) is 18.1 Å². The molecule has 22 heavy (non-hydrogen) atoms. The van der Waals surface area contributed by atoms with Crippen molar-refractivity contribution >= 4 is 11.3 Å². The highest BCUT2D eigenvalue weighted by molar-refractivity contribution is 7.09. The largest absolute Gasteiger partial charge is 0.380 e. The number of morpholine rings is 1. The lowest BCUT2D eigenvalue weighted by atomic mass is 10.0. The summed E-state index contributed by atoms with van der Waals surface area (Å²) < 4.78 is 12.0. The molecule has 0 spiro atoms. The van der Waals surface area contributed by atoms with Crippen LogP contribution in [0, 0.1) is 5.92 Å². The van der Waals surface area contributed by atoms with E-state index in [0.717, 1.165) is 39.5 Å². The molecule has 0 aromatic carbocycles. The minimum atomic E-state index is 0.369. The Labute approximate surface area is 138 Å². The van der Waals surface area contributed by atoms with E-state index in [9.17, 15) is 0 Å². The topological polar surface area (TPSA) is 24.9 Å². The summed E-state index contributed by atoms with van der Waals surface area (Å²) in [4.78, 5) is 6.25. The van der Waals surface area contributed by atoms with Gasteiger partial charge in [-0.1, -0.05) is 6.07 Å². The summed E-state index contributed by atoms with van der Waals surface area (Å²) in [6.45, 7) is 5.66. The molecule has 2 heterocycles. The van der Waals surface area contributed by atoms with E-state index in [-0.39, 0.29) is 0 Å². The lowest BCUT2D eigenvalue weighted by Gasteiger charge is -2.39. The predicted molar refractivity (Wildman–Crippen MR) is 90.4 cm³/mol.